The third kappa shape index (κ3) is 2.44. The second-order valence-electron chi connectivity index (χ2n) is 10.5. The van der Waals surface area contributed by atoms with E-state index >= 15 is 0 Å². The van der Waals surface area contributed by atoms with Gasteiger partial charge in [0.15, 0.2) is 0 Å². The van der Waals surface area contributed by atoms with Crippen LogP contribution in [0.3, 0.4) is 0 Å². The SMILES string of the molecule is CC(C)C1CCC2C3C=C[C@H]4CC([N+](=O)[O-])CCC4(C)C3CCC12C. The van der Waals surface area contributed by atoms with E-state index in [1.54, 1.807) is 0 Å². The Morgan fingerprint density at radius 1 is 1.00 bits per heavy atom. The minimum atomic E-state index is -0.315. The van der Waals surface area contributed by atoms with Crippen molar-refractivity contribution < 1.29 is 4.92 Å². The van der Waals surface area contributed by atoms with Crippen molar-refractivity contribution in [1.29, 1.82) is 0 Å². The molecule has 0 aliphatic heterocycles. The summed E-state index contributed by atoms with van der Waals surface area (Å²) in [5.41, 5.74) is 0.810. The van der Waals surface area contributed by atoms with Crippen LogP contribution in [0.15, 0.2) is 12.2 Å². The number of nitro groups is 1. The van der Waals surface area contributed by atoms with Crippen LogP contribution in [0.1, 0.15) is 72.6 Å². The van der Waals surface area contributed by atoms with Crippen molar-refractivity contribution in [3.05, 3.63) is 22.3 Å². The summed E-state index contributed by atoms with van der Waals surface area (Å²) in [5, 5.41) is 11.3. The molecule has 3 saturated carbocycles. The standard InChI is InChI=1S/C22H35NO2/c1-14(2)18-7-8-19-17-6-5-15-13-16(23(24)25)9-11-21(15,3)20(17)10-12-22(18,19)4/h5-6,14-20H,7-13H2,1-4H3/t15-,16?,17?,18?,19?,20?,21?,22?/m0/s1. The van der Waals surface area contributed by atoms with Gasteiger partial charge in [-0.3, -0.25) is 10.1 Å². The van der Waals surface area contributed by atoms with Gasteiger partial charge in [-0.25, -0.2) is 0 Å². The predicted molar refractivity (Wildman–Crippen MR) is 101 cm³/mol. The highest BCUT2D eigenvalue weighted by atomic mass is 16.6. The molecule has 0 heterocycles. The lowest BCUT2D eigenvalue weighted by molar-refractivity contribution is -0.529. The summed E-state index contributed by atoms with van der Waals surface area (Å²) < 4.78 is 0. The largest absolute Gasteiger partial charge is 0.264 e. The van der Waals surface area contributed by atoms with Gasteiger partial charge in [0, 0.05) is 17.8 Å². The topological polar surface area (TPSA) is 43.1 Å². The molecule has 0 amide bonds. The quantitative estimate of drug-likeness (QED) is 0.365. The van der Waals surface area contributed by atoms with E-state index in [1.807, 2.05) is 0 Å². The van der Waals surface area contributed by atoms with Crippen molar-refractivity contribution in [1.82, 2.24) is 0 Å². The van der Waals surface area contributed by atoms with Crippen LogP contribution in [0.25, 0.3) is 0 Å². The van der Waals surface area contributed by atoms with Gasteiger partial charge in [-0.1, -0.05) is 39.8 Å². The number of fused-ring (bicyclic) bond motifs is 5. The molecule has 3 heteroatoms. The first-order valence-electron chi connectivity index (χ1n) is 10.6. The Labute approximate surface area is 152 Å². The maximum absolute atomic E-state index is 11.3. The molecular weight excluding hydrogens is 310 g/mol. The molecule has 0 saturated heterocycles. The van der Waals surface area contributed by atoms with Gasteiger partial charge in [-0.15, -0.1) is 0 Å². The second kappa shape index (κ2) is 5.82. The van der Waals surface area contributed by atoms with E-state index in [0.717, 1.165) is 48.9 Å². The summed E-state index contributed by atoms with van der Waals surface area (Å²) in [4.78, 5) is 11.3. The number of allylic oxidation sites excluding steroid dienone is 2. The highest BCUT2D eigenvalue weighted by molar-refractivity contribution is 5.18. The Kier molecular flexibility index (Phi) is 4.09. The monoisotopic (exact) mass is 345 g/mol. The van der Waals surface area contributed by atoms with Gasteiger partial charge < -0.3 is 0 Å². The van der Waals surface area contributed by atoms with Crippen molar-refractivity contribution in [3.63, 3.8) is 0 Å². The smallest absolute Gasteiger partial charge is 0.213 e. The predicted octanol–water partition coefficient (Wildman–Crippen LogP) is 5.72. The van der Waals surface area contributed by atoms with Crippen LogP contribution in [0.5, 0.6) is 0 Å². The molecule has 0 radical (unpaired) electrons. The Morgan fingerprint density at radius 3 is 2.36 bits per heavy atom. The highest BCUT2D eigenvalue weighted by Gasteiger charge is 2.59. The Balaban J connectivity index is 1.62. The molecule has 25 heavy (non-hydrogen) atoms. The van der Waals surface area contributed by atoms with Crippen LogP contribution in [0, 0.1) is 56.5 Å². The third-order valence-corrected chi connectivity index (χ3v) is 9.31. The molecule has 4 rings (SSSR count). The van der Waals surface area contributed by atoms with Crippen LogP contribution >= 0.6 is 0 Å². The zero-order valence-electron chi connectivity index (χ0n) is 16.4. The van der Waals surface area contributed by atoms with E-state index in [9.17, 15) is 10.1 Å². The van der Waals surface area contributed by atoms with E-state index in [0.29, 0.717) is 16.7 Å². The minimum absolute atomic E-state index is 0.0261. The summed E-state index contributed by atoms with van der Waals surface area (Å²) in [7, 11) is 0. The number of hydrogen-bond acceptors (Lipinski definition) is 2. The summed E-state index contributed by atoms with van der Waals surface area (Å²) >= 11 is 0. The van der Waals surface area contributed by atoms with Crippen molar-refractivity contribution in [3.8, 4) is 0 Å². The highest BCUT2D eigenvalue weighted by Crippen LogP contribution is 2.66. The van der Waals surface area contributed by atoms with E-state index in [-0.39, 0.29) is 11.0 Å². The van der Waals surface area contributed by atoms with Gasteiger partial charge in [0.1, 0.15) is 0 Å². The van der Waals surface area contributed by atoms with Crippen LogP contribution < -0.4 is 0 Å². The molecule has 0 aromatic carbocycles. The molecule has 3 fully saturated rings. The zero-order chi connectivity index (χ0) is 18.0. The molecule has 0 aromatic heterocycles. The van der Waals surface area contributed by atoms with Gasteiger partial charge >= 0.3 is 0 Å². The fraction of sp³-hybridized carbons (Fsp3) is 0.909. The third-order valence-electron chi connectivity index (χ3n) is 9.31. The number of nitrogens with zero attached hydrogens (tertiary/aromatic N) is 1. The molecule has 7 unspecified atom stereocenters. The number of rotatable bonds is 2. The summed E-state index contributed by atoms with van der Waals surface area (Å²) in [6.07, 6.45) is 13.0. The lowest BCUT2D eigenvalue weighted by Gasteiger charge is -2.58. The zero-order valence-corrected chi connectivity index (χ0v) is 16.4. The second-order valence-corrected chi connectivity index (χ2v) is 10.5. The van der Waals surface area contributed by atoms with Crippen molar-refractivity contribution >= 4 is 0 Å². The molecule has 8 atom stereocenters. The van der Waals surface area contributed by atoms with E-state index in [1.165, 1.54) is 25.7 Å². The van der Waals surface area contributed by atoms with Crippen molar-refractivity contribution in [2.75, 3.05) is 0 Å². The maximum atomic E-state index is 11.3. The van der Waals surface area contributed by atoms with Crippen molar-refractivity contribution in [2.24, 2.45) is 46.3 Å². The summed E-state index contributed by atoms with van der Waals surface area (Å²) in [6, 6.07) is -0.315. The Bertz CT molecular complexity index is 585. The first-order valence-corrected chi connectivity index (χ1v) is 10.6. The van der Waals surface area contributed by atoms with E-state index in [4.69, 9.17) is 0 Å². The van der Waals surface area contributed by atoms with Crippen LogP contribution in [-0.4, -0.2) is 11.0 Å². The summed E-state index contributed by atoms with van der Waals surface area (Å²) in [6.45, 7) is 9.87. The first kappa shape index (κ1) is 17.5. The Hall–Kier alpha value is -0.860. The average Bonchev–Trinajstić information content (AvgIpc) is 2.91. The fourth-order valence-electron chi connectivity index (χ4n) is 7.92. The van der Waals surface area contributed by atoms with E-state index < -0.39 is 0 Å². The molecule has 140 valence electrons. The van der Waals surface area contributed by atoms with Gasteiger partial charge in [-0.05, 0) is 78.4 Å². The average molecular weight is 346 g/mol. The summed E-state index contributed by atoms with van der Waals surface area (Å²) in [5.74, 6) is 4.39. The molecule has 0 N–H and O–H groups in total. The molecule has 0 aromatic rings. The molecular formula is C22H35NO2. The van der Waals surface area contributed by atoms with Crippen LogP contribution in [0.2, 0.25) is 0 Å². The molecule has 3 nitrogen and oxygen atoms in total. The van der Waals surface area contributed by atoms with Gasteiger partial charge in [0.2, 0.25) is 6.04 Å². The van der Waals surface area contributed by atoms with Crippen LogP contribution in [0.4, 0.5) is 0 Å². The minimum Gasteiger partial charge on any atom is -0.264 e. The molecule has 4 aliphatic carbocycles. The molecule has 4 aliphatic rings. The number of hydrogen-bond donors (Lipinski definition) is 0. The first-order chi connectivity index (χ1) is 11.8. The van der Waals surface area contributed by atoms with Gasteiger partial charge in [0.05, 0.1) is 0 Å². The Morgan fingerprint density at radius 2 is 1.68 bits per heavy atom. The lowest BCUT2D eigenvalue weighted by atomic mass is 9.46. The fourth-order valence-corrected chi connectivity index (χ4v) is 7.92. The van der Waals surface area contributed by atoms with Crippen molar-refractivity contribution in [2.45, 2.75) is 78.7 Å². The van der Waals surface area contributed by atoms with E-state index in [2.05, 4.69) is 39.8 Å². The molecule has 0 spiro atoms. The normalized spacial score (nSPS) is 51.7. The van der Waals surface area contributed by atoms with Crippen LogP contribution in [-0.2, 0) is 0 Å². The lowest BCUT2D eigenvalue weighted by Crippen LogP contribution is -2.52. The van der Waals surface area contributed by atoms with Gasteiger partial charge in [-0.2, -0.15) is 0 Å². The maximum Gasteiger partial charge on any atom is 0.213 e. The van der Waals surface area contributed by atoms with Gasteiger partial charge in [0.25, 0.3) is 0 Å². The molecule has 0 bridgehead atoms.